The van der Waals surface area contributed by atoms with E-state index < -0.39 is 26.7 Å². The van der Waals surface area contributed by atoms with Crippen LogP contribution in [0.25, 0.3) is 0 Å². The highest BCUT2D eigenvalue weighted by atomic mass is 32.2. The van der Waals surface area contributed by atoms with Crippen molar-refractivity contribution >= 4 is 21.8 Å². The van der Waals surface area contributed by atoms with Crippen molar-refractivity contribution in [3.8, 4) is 0 Å². The lowest BCUT2D eigenvalue weighted by atomic mass is 9.89. The number of rotatable bonds is 7. The summed E-state index contributed by atoms with van der Waals surface area (Å²) in [7, 11) is -4.08. The minimum atomic E-state index is -4.63. The highest BCUT2D eigenvalue weighted by Crippen LogP contribution is 2.32. The first-order valence-corrected chi connectivity index (χ1v) is 12.8. The van der Waals surface area contributed by atoms with E-state index in [-0.39, 0.29) is 49.6 Å². The van der Waals surface area contributed by atoms with Crippen LogP contribution in [0.3, 0.4) is 0 Å². The number of halogens is 3. The third-order valence-electron chi connectivity index (χ3n) is 6.32. The Kier molecular flexibility index (Phi) is 8.38. The summed E-state index contributed by atoms with van der Waals surface area (Å²) < 4.78 is 65.4. The van der Waals surface area contributed by atoms with Crippen LogP contribution < -0.4 is 10.6 Å². The second kappa shape index (κ2) is 10.9. The summed E-state index contributed by atoms with van der Waals surface area (Å²) in [6.07, 6.45) is 1.03. The summed E-state index contributed by atoms with van der Waals surface area (Å²) in [5.74, 6) is -0.514. The number of sulfonamides is 1. The van der Waals surface area contributed by atoms with Crippen molar-refractivity contribution in [1.29, 1.82) is 0 Å². The Hall–Kier alpha value is -2.14. The lowest BCUT2D eigenvalue weighted by Gasteiger charge is -2.30. The second-order valence-electron chi connectivity index (χ2n) is 8.62. The Morgan fingerprint density at radius 2 is 1.45 bits per heavy atom. The average molecular weight is 490 g/mol. The first kappa shape index (κ1) is 25.5. The number of amides is 2. The molecule has 1 heterocycles. The van der Waals surface area contributed by atoms with Crippen molar-refractivity contribution in [2.24, 2.45) is 11.8 Å². The molecule has 184 valence electrons. The Morgan fingerprint density at radius 1 is 0.909 bits per heavy atom. The van der Waals surface area contributed by atoms with Crippen LogP contribution in [0, 0.1) is 11.8 Å². The maximum absolute atomic E-state index is 12.9. The number of nitrogens with one attached hydrogen (secondary N) is 2. The van der Waals surface area contributed by atoms with E-state index in [0.717, 1.165) is 48.2 Å². The molecule has 2 fully saturated rings. The number of hydrogen-bond acceptors (Lipinski definition) is 4. The van der Waals surface area contributed by atoms with Crippen LogP contribution in [-0.4, -0.2) is 50.7 Å². The van der Waals surface area contributed by atoms with Crippen molar-refractivity contribution in [1.82, 2.24) is 14.9 Å². The van der Waals surface area contributed by atoms with Gasteiger partial charge in [-0.25, -0.2) is 8.42 Å². The number of benzene rings is 1. The van der Waals surface area contributed by atoms with Crippen LogP contribution in [0.5, 0.6) is 0 Å². The monoisotopic (exact) mass is 489 g/mol. The lowest BCUT2D eigenvalue weighted by Crippen LogP contribution is -2.44. The van der Waals surface area contributed by atoms with Crippen LogP contribution in [0.15, 0.2) is 29.2 Å². The SMILES string of the molecule is O=C(NCCNC(=O)C1CCN(S(=O)(=O)c2cccc(C(F)(F)F)c2)CC1)C1CCCCC1. The predicted molar refractivity (Wildman–Crippen MR) is 116 cm³/mol. The number of hydrogen-bond donors (Lipinski definition) is 2. The fourth-order valence-corrected chi connectivity index (χ4v) is 5.88. The molecule has 1 aromatic carbocycles. The largest absolute Gasteiger partial charge is 0.416 e. The number of nitrogens with zero attached hydrogens (tertiary/aromatic N) is 1. The molecular formula is C22H30F3N3O4S. The van der Waals surface area contributed by atoms with Crippen molar-refractivity contribution < 1.29 is 31.2 Å². The predicted octanol–water partition coefficient (Wildman–Crippen LogP) is 2.92. The van der Waals surface area contributed by atoms with Gasteiger partial charge in [0.2, 0.25) is 21.8 Å². The molecule has 1 aliphatic heterocycles. The van der Waals surface area contributed by atoms with Crippen LogP contribution in [-0.2, 0) is 25.8 Å². The molecule has 0 atom stereocenters. The number of alkyl halides is 3. The van der Waals surface area contributed by atoms with Crippen LogP contribution in [0.1, 0.15) is 50.5 Å². The van der Waals surface area contributed by atoms with Crippen molar-refractivity contribution in [2.75, 3.05) is 26.2 Å². The van der Waals surface area contributed by atoms with Gasteiger partial charge in [0, 0.05) is 38.0 Å². The summed E-state index contributed by atoms with van der Waals surface area (Å²) in [5.41, 5.74) is -1.02. The summed E-state index contributed by atoms with van der Waals surface area (Å²) in [6, 6.07) is 3.68. The van der Waals surface area contributed by atoms with Crippen LogP contribution in [0.4, 0.5) is 13.2 Å². The van der Waals surface area contributed by atoms with E-state index in [1.807, 2.05) is 0 Å². The Morgan fingerprint density at radius 3 is 2.00 bits per heavy atom. The van der Waals surface area contributed by atoms with Gasteiger partial charge in [0.1, 0.15) is 0 Å². The second-order valence-corrected chi connectivity index (χ2v) is 10.6. The number of carbonyl (C=O) groups excluding carboxylic acids is 2. The summed E-state index contributed by atoms with van der Waals surface area (Å²) in [5, 5.41) is 5.62. The Labute approximate surface area is 192 Å². The van der Waals surface area contributed by atoms with Gasteiger partial charge in [-0.05, 0) is 43.9 Å². The first-order valence-electron chi connectivity index (χ1n) is 11.3. The normalized spacial score (nSPS) is 19.2. The summed E-state index contributed by atoms with van der Waals surface area (Å²) in [4.78, 5) is 24.1. The van der Waals surface area contributed by atoms with Gasteiger partial charge in [-0.15, -0.1) is 0 Å². The molecule has 33 heavy (non-hydrogen) atoms. The Balaban J connectivity index is 1.44. The number of carbonyl (C=O) groups is 2. The molecule has 1 saturated carbocycles. The number of piperidine rings is 1. The van der Waals surface area contributed by atoms with Gasteiger partial charge in [0.05, 0.1) is 10.5 Å². The molecule has 3 rings (SSSR count). The fourth-order valence-electron chi connectivity index (χ4n) is 4.37. The molecule has 2 amide bonds. The molecule has 0 radical (unpaired) electrons. The maximum Gasteiger partial charge on any atom is 0.416 e. The van der Waals surface area contributed by atoms with E-state index in [4.69, 9.17) is 0 Å². The van der Waals surface area contributed by atoms with Crippen LogP contribution in [0.2, 0.25) is 0 Å². The molecule has 1 aromatic rings. The van der Waals surface area contributed by atoms with Gasteiger partial charge in [0.25, 0.3) is 0 Å². The van der Waals surface area contributed by atoms with Crippen molar-refractivity contribution in [2.45, 2.75) is 56.0 Å². The van der Waals surface area contributed by atoms with Crippen molar-refractivity contribution in [3.63, 3.8) is 0 Å². The van der Waals surface area contributed by atoms with E-state index in [2.05, 4.69) is 10.6 Å². The van der Waals surface area contributed by atoms with E-state index in [0.29, 0.717) is 19.2 Å². The highest BCUT2D eigenvalue weighted by Gasteiger charge is 2.35. The first-order chi connectivity index (χ1) is 15.6. The molecule has 1 saturated heterocycles. The molecule has 0 unspecified atom stereocenters. The fraction of sp³-hybridized carbons (Fsp3) is 0.636. The van der Waals surface area contributed by atoms with Gasteiger partial charge in [-0.2, -0.15) is 17.5 Å². The van der Waals surface area contributed by atoms with Gasteiger partial charge < -0.3 is 10.6 Å². The average Bonchev–Trinajstić information content (AvgIpc) is 2.81. The van der Waals surface area contributed by atoms with E-state index in [1.165, 1.54) is 6.42 Å². The molecule has 0 aromatic heterocycles. The molecule has 7 nitrogen and oxygen atoms in total. The van der Waals surface area contributed by atoms with E-state index in [1.54, 1.807) is 0 Å². The third kappa shape index (κ3) is 6.69. The molecule has 2 N–H and O–H groups in total. The summed E-state index contributed by atoms with van der Waals surface area (Å²) >= 11 is 0. The zero-order valence-corrected chi connectivity index (χ0v) is 19.2. The van der Waals surface area contributed by atoms with Gasteiger partial charge >= 0.3 is 6.18 Å². The molecule has 1 aliphatic carbocycles. The highest BCUT2D eigenvalue weighted by molar-refractivity contribution is 7.89. The minimum absolute atomic E-state index is 0.0251. The topological polar surface area (TPSA) is 95.6 Å². The zero-order valence-electron chi connectivity index (χ0n) is 18.4. The summed E-state index contributed by atoms with van der Waals surface area (Å²) in [6.45, 7) is 0.730. The minimum Gasteiger partial charge on any atom is -0.354 e. The van der Waals surface area contributed by atoms with Crippen LogP contribution >= 0.6 is 0 Å². The molecule has 2 aliphatic rings. The lowest BCUT2D eigenvalue weighted by molar-refractivity contribution is -0.137. The molecule has 0 spiro atoms. The smallest absolute Gasteiger partial charge is 0.354 e. The van der Waals surface area contributed by atoms with Gasteiger partial charge in [-0.3, -0.25) is 9.59 Å². The Bertz CT molecular complexity index is 938. The quantitative estimate of drug-likeness (QED) is 0.576. The molecule has 0 bridgehead atoms. The zero-order chi connectivity index (χ0) is 24.1. The third-order valence-corrected chi connectivity index (χ3v) is 8.22. The van der Waals surface area contributed by atoms with E-state index >= 15 is 0 Å². The van der Waals surface area contributed by atoms with E-state index in [9.17, 15) is 31.2 Å². The van der Waals surface area contributed by atoms with Gasteiger partial charge in [-0.1, -0.05) is 25.3 Å². The maximum atomic E-state index is 12.9. The molecular weight excluding hydrogens is 459 g/mol. The standard InChI is InChI=1S/C22H30F3N3O4S/c23-22(24,25)18-7-4-8-19(15-18)33(31,32)28-13-9-17(10-14-28)21(30)27-12-11-26-20(29)16-5-2-1-3-6-16/h4,7-8,15-17H,1-3,5-6,9-14H2,(H,26,29)(H,27,30). The van der Waals surface area contributed by atoms with Crippen molar-refractivity contribution in [3.05, 3.63) is 29.8 Å². The van der Waals surface area contributed by atoms with Gasteiger partial charge in [0.15, 0.2) is 0 Å². The molecule has 11 heteroatoms.